The minimum atomic E-state index is -0.414. The number of amides is 1. The summed E-state index contributed by atoms with van der Waals surface area (Å²) in [5.74, 6) is 1.45. The van der Waals surface area contributed by atoms with Crippen LogP contribution in [0.2, 0.25) is 0 Å². The Hall–Kier alpha value is -2.45. The number of nitrogens with zero attached hydrogens (tertiary/aromatic N) is 4. The van der Waals surface area contributed by atoms with E-state index in [9.17, 15) is 9.59 Å². The van der Waals surface area contributed by atoms with Crippen LogP contribution in [-0.4, -0.2) is 45.7 Å². The molecular weight excluding hydrogens is 490 g/mol. The number of unbranched alkanes of at least 4 members (excludes halogenated alkanes) is 7. The second-order valence-corrected chi connectivity index (χ2v) is 11.5. The SMILES string of the molecule is CC[C@H](C)Cc1cn([C@@H](CCCN=C(N)N)C(=O)NCCCCCCCCCCC(=O)C2CCCCC2)nn1. The summed E-state index contributed by atoms with van der Waals surface area (Å²) >= 11 is 0. The maximum atomic E-state index is 13.0. The molecule has 222 valence electrons. The molecule has 0 unspecified atom stereocenters. The van der Waals surface area contributed by atoms with E-state index >= 15 is 0 Å². The van der Waals surface area contributed by atoms with Crippen LogP contribution in [0.4, 0.5) is 0 Å². The van der Waals surface area contributed by atoms with E-state index in [4.69, 9.17) is 11.5 Å². The second-order valence-electron chi connectivity index (χ2n) is 11.5. The third kappa shape index (κ3) is 14.0. The number of aromatic nitrogens is 3. The average molecular weight is 546 g/mol. The fourth-order valence-electron chi connectivity index (χ4n) is 5.38. The molecule has 0 saturated heterocycles. The van der Waals surface area contributed by atoms with Crippen molar-refractivity contribution in [1.82, 2.24) is 20.3 Å². The quantitative estimate of drug-likeness (QED) is 0.110. The minimum absolute atomic E-state index is 0.0255. The van der Waals surface area contributed by atoms with Crippen molar-refractivity contribution >= 4 is 17.6 Å². The summed E-state index contributed by atoms with van der Waals surface area (Å²) in [6.45, 7) is 5.51. The number of carbonyl (C=O) groups excluding carboxylic acids is 2. The van der Waals surface area contributed by atoms with Gasteiger partial charge in [0.05, 0.1) is 5.69 Å². The van der Waals surface area contributed by atoms with Crippen LogP contribution in [0, 0.1) is 11.8 Å². The van der Waals surface area contributed by atoms with Crippen molar-refractivity contribution in [2.24, 2.45) is 28.3 Å². The van der Waals surface area contributed by atoms with E-state index in [1.165, 1.54) is 51.4 Å². The maximum absolute atomic E-state index is 13.0. The Labute approximate surface area is 236 Å². The van der Waals surface area contributed by atoms with E-state index in [1.54, 1.807) is 4.68 Å². The molecule has 2 atom stereocenters. The van der Waals surface area contributed by atoms with Crippen molar-refractivity contribution in [3.63, 3.8) is 0 Å². The fourth-order valence-corrected chi connectivity index (χ4v) is 5.38. The molecule has 39 heavy (non-hydrogen) atoms. The number of Topliss-reactive ketones (excluding diaryl/α,β-unsaturated/α-hetero) is 1. The second kappa shape index (κ2) is 19.6. The Morgan fingerprint density at radius 1 is 1.03 bits per heavy atom. The Morgan fingerprint density at radius 3 is 2.36 bits per heavy atom. The van der Waals surface area contributed by atoms with Gasteiger partial charge in [-0.2, -0.15) is 0 Å². The molecule has 1 saturated carbocycles. The van der Waals surface area contributed by atoms with Gasteiger partial charge in [-0.05, 0) is 50.9 Å². The number of guanidine groups is 1. The lowest BCUT2D eigenvalue weighted by molar-refractivity contribution is -0.125. The molecule has 9 heteroatoms. The van der Waals surface area contributed by atoms with Gasteiger partial charge >= 0.3 is 0 Å². The van der Waals surface area contributed by atoms with Gasteiger partial charge in [-0.3, -0.25) is 14.6 Å². The predicted octanol–water partition coefficient (Wildman–Crippen LogP) is 5.24. The highest BCUT2D eigenvalue weighted by atomic mass is 16.2. The molecule has 1 fully saturated rings. The lowest BCUT2D eigenvalue weighted by Gasteiger charge is -2.20. The van der Waals surface area contributed by atoms with Crippen molar-refractivity contribution < 1.29 is 9.59 Å². The van der Waals surface area contributed by atoms with Gasteiger partial charge in [0, 0.05) is 31.6 Å². The third-order valence-corrected chi connectivity index (χ3v) is 8.07. The highest BCUT2D eigenvalue weighted by molar-refractivity contribution is 5.81. The molecule has 1 aliphatic rings. The van der Waals surface area contributed by atoms with Gasteiger partial charge in [-0.15, -0.1) is 5.10 Å². The number of nitrogens with two attached hydrogens (primary N) is 2. The van der Waals surface area contributed by atoms with Gasteiger partial charge in [0.1, 0.15) is 11.8 Å². The molecule has 1 aromatic heterocycles. The number of carbonyl (C=O) groups is 2. The topological polar surface area (TPSA) is 141 Å². The van der Waals surface area contributed by atoms with Crippen LogP contribution in [0.3, 0.4) is 0 Å². The normalized spacial score (nSPS) is 15.5. The standard InChI is InChI=1S/C30H55N7O2/c1-3-24(2)22-26-23-37(36-35-26)27(18-15-21-34-30(31)32)29(39)33-20-14-9-7-5-4-6-8-13-19-28(38)25-16-11-10-12-17-25/h23-25,27H,3-22H2,1-2H3,(H,33,39)(H4,31,32,34)/t24-,27-/m0/s1. The summed E-state index contributed by atoms with van der Waals surface area (Å²) in [7, 11) is 0. The zero-order chi connectivity index (χ0) is 28.3. The van der Waals surface area contributed by atoms with Crippen LogP contribution >= 0.6 is 0 Å². The molecule has 1 aliphatic carbocycles. The Kier molecular flexibility index (Phi) is 16.5. The lowest BCUT2D eigenvalue weighted by atomic mass is 9.84. The number of nitrogens with one attached hydrogen (secondary N) is 1. The molecule has 1 heterocycles. The van der Waals surface area contributed by atoms with Crippen LogP contribution in [-0.2, 0) is 16.0 Å². The van der Waals surface area contributed by atoms with Gasteiger partial charge in [0.25, 0.3) is 0 Å². The lowest BCUT2D eigenvalue weighted by Crippen LogP contribution is -2.33. The highest BCUT2D eigenvalue weighted by Crippen LogP contribution is 2.26. The Bertz CT molecular complexity index is 844. The molecule has 0 radical (unpaired) electrons. The Balaban J connectivity index is 1.60. The third-order valence-electron chi connectivity index (χ3n) is 8.07. The molecule has 1 aromatic rings. The molecule has 0 aliphatic heterocycles. The number of aliphatic imine (C=N–C) groups is 1. The highest BCUT2D eigenvalue weighted by Gasteiger charge is 2.22. The van der Waals surface area contributed by atoms with E-state index < -0.39 is 6.04 Å². The molecular formula is C30H55N7O2. The first-order chi connectivity index (χ1) is 18.9. The molecule has 2 rings (SSSR count). The van der Waals surface area contributed by atoms with Crippen LogP contribution in [0.5, 0.6) is 0 Å². The molecule has 0 aromatic carbocycles. The van der Waals surface area contributed by atoms with Crippen molar-refractivity contribution in [3.05, 3.63) is 11.9 Å². The number of rotatable bonds is 21. The van der Waals surface area contributed by atoms with Crippen molar-refractivity contribution in [2.75, 3.05) is 13.1 Å². The fraction of sp³-hybridized carbons (Fsp3) is 0.833. The zero-order valence-electron chi connectivity index (χ0n) is 24.7. The van der Waals surface area contributed by atoms with Crippen molar-refractivity contribution in [3.8, 4) is 0 Å². The van der Waals surface area contributed by atoms with E-state index in [-0.39, 0.29) is 11.9 Å². The first-order valence-electron chi connectivity index (χ1n) is 15.7. The van der Waals surface area contributed by atoms with Crippen molar-refractivity contribution in [1.29, 1.82) is 0 Å². The van der Waals surface area contributed by atoms with Gasteiger partial charge in [-0.25, -0.2) is 4.68 Å². The van der Waals surface area contributed by atoms with Crippen molar-refractivity contribution in [2.45, 2.75) is 135 Å². The molecule has 5 N–H and O–H groups in total. The van der Waals surface area contributed by atoms with Gasteiger partial charge in [0.15, 0.2) is 5.96 Å². The maximum Gasteiger partial charge on any atom is 0.244 e. The Morgan fingerprint density at radius 2 is 1.69 bits per heavy atom. The van der Waals surface area contributed by atoms with Gasteiger partial charge in [-0.1, -0.05) is 83.3 Å². The van der Waals surface area contributed by atoms with Crippen LogP contribution < -0.4 is 16.8 Å². The summed E-state index contributed by atoms with van der Waals surface area (Å²) in [6.07, 6.45) is 21.1. The van der Waals surface area contributed by atoms with Gasteiger partial charge in [0.2, 0.25) is 5.91 Å². The number of hydrogen-bond donors (Lipinski definition) is 3. The van der Waals surface area contributed by atoms with E-state index in [0.29, 0.717) is 43.6 Å². The molecule has 0 spiro atoms. The molecule has 9 nitrogen and oxygen atoms in total. The monoisotopic (exact) mass is 545 g/mol. The van der Waals surface area contributed by atoms with Crippen LogP contribution in [0.25, 0.3) is 0 Å². The first kappa shape index (κ1) is 32.8. The average Bonchev–Trinajstić information content (AvgIpc) is 3.39. The number of ketones is 1. The van der Waals surface area contributed by atoms with Crippen LogP contribution in [0.1, 0.15) is 135 Å². The first-order valence-corrected chi connectivity index (χ1v) is 15.7. The van der Waals surface area contributed by atoms with Gasteiger partial charge < -0.3 is 16.8 Å². The van der Waals surface area contributed by atoms with Crippen LogP contribution in [0.15, 0.2) is 11.2 Å². The van der Waals surface area contributed by atoms with E-state index in [2.05, 4.69) is 34.5 Å². The van der Waals surface area contributed by atoms with E-state index in [1.807, 2.05) is 6.20 Å². The smallest absolute Gasteiger partial charge is 0.244 e. The summed E-state index contributed by atoms with van der Waals surface area (Å²) in [6, 6.07) is -0.414. The van der Waals surface area contributed by atoms with E-state index in [0.717, 1.165) is 57.1 Å². The predicted molar refractivity (Wildman–Crippen MR) is 158 cm³/mol. The summed E-state index contributed by atoms with van der Waals surface area (Å²) in [5, 5.41) is 11.7. The molecule has 1 amide bonds. The largest absolute Gasteiger partial charge is 0.370 e. The summed E-state index contributed by atoms with van der Waals surface area (Å²) in [4.78, 5) is 29.4. The molecule has 0 bridgehead atoms. The zero-order valence-corrected chi connectivity index (χ0v) is 24.7. The summed E-state index contributed by atoms with van der Waals surface area (Å²) in [5.41, 5.74) is 11.8. The minimum Gasteiger partial charge on any atom is -0.370 e. The number of hydrogen-bond acceptors (Lipinski definition) is 5. The summed E-state index contributed by atoms with van der Waals surface area (Å²) < 4.78 is 1.70.